The third-order valence-corrected chi connectivity index (χ3v) is 4.45. The zero-order valence-corrected chi connectivity index (χ0v) is 16.8. The van der Waals surface area contributed by atoms with E-state index in [1.807, 2.05) is 20.8 Å². The van der Waals surface area contributed by atoms with E-state index >= 15 is 0 Å². The number of rotatable bonds is 6. The van der Waals surface area contributed by atoms with Crippen LogP contribution in [0.3, 0.4) is 0 Å². The zero-order valence-electron chi connectivity index (χ0n) is 16.8. The lowest BCUT2D eigenvalue weighted by Gasteiger charge is -2.27. The number of unbranched alkanes of at least 4 members (excludes halogenated alkanes) is 2. The van der Waals surface area contributed by atoms with Crippen LogP contribution in [0.25, 0.3) is 0 Å². The predicted molar refractivity (Wildman–Crippen MR) is 105 cm³/mol. The summed E-state index contributed by atoms with van der Waals surface area (Å²) >= 11 is 0. The van der Waals surface area contributed by atoms with Crippen LogP contribution in [0, 0.1) is 0 Å². The summed E-state index contributed by atoms with van der Waals surface area (Å²) in [7, 11) is 0. The van der Waals surface area contributed by atoms with Crippen LogP contribution in [0.2, 0.25) is 0 Å². The Morgan fingerprint density at radius 3 is 2.59 bits per heavy atom. The monoisotopic (exact) mass is 374 g/mol. The molecule has 2 amide bonds. The summed E-state index contributed by atoms with van der Waals surface area (Å²) in [5.41, 5.74) is -0.313. The van der Waals surface area contributed by atoms with E-state index in [-0.39, 0.29) is 18.0 Å². The lowest BCUT2D eigenvalue weighted by atomic mass is 10.1. The number of nitrogens with one attached hydrogen (secondary N) is 1. The van der Waals surface area contributed by atoms with Crippen molar-refractivity contribution in [2.24, 2.45) is 0 Å². The summed E-state index contributed by atoms with van der Waals surface area (Å²) in [6.07, 6.45) is 4.15. The van der Waals surface area contributed by atoms with E-state index in [1.165, 1.54) is 11.0 Å². The molecule has 0 bridgehead atoms. The molecule has 1 aliphatic rings. The Labute approximate surface area is 160 Å². The van der Waals surface area contributed by atoms with Gasteiger partial charge in [-0.2, -0.15) is 0 Å². The Morgan fingerprint density at radius 1 is 1.30 bits per heavy atom. The molecule has 2 rings (SSSR count). The Hall–Kier alpha value is -2.37. The summed E-state index contributed by atoms with van der Waals surface area (Å²) in [6.45, 7) is 11.9. The lowest BCUT2D eigenvalue weighted by Crippen LogP contribution is -2.51. The molecule has 0 aliphatic carbocycles. The first kappa shape index (κ1) is 20.9. The number of likely N-dealkylation sites (tertiary alicyclic amines) is 1. The molecule has 148 valence electrons. The van der Waals surface area contributed by atoms with E-state index in [9.17, 15) is 14.4 Å². The minimum Gasteiger partial charge on any atom is -0.427 e. The van der Waals surface area contributed by atoms with E-state index in [0.717, 1.165) is 24.8 Å². The van der Waals surface area contributed by atoms with Crippen LogP contribution in [0.1, 0.15) is 69.5 Å². The van der Waals surface area contributed by atoms with Crippen molar-refractivity contribution in [2.75, 3.05) is 6.54 Å². The highest BCUT2D eigenvalue weighted by Crippen LogP contribution is 2.24. The first-order chi connectivity index (χ1) is 12.6. The molecule has 6 heteroatoms. The fourth-order valence-electron chi connectivity index (χ4n) is 3.15. The first-order valence-corrected chi connectivity index (χ1v) is 9.55. The normalized spacial score (nSPS) is 17.3. The number of nitrogens with zero attached hydrogens (tertiary/aromatic N) is 1. The van der Waals surface area contributed by atoms with Gasteiger partial charge < -0.3 is 14.6 Å². The van der Waals surface area contributed by atoms with Gasteiger partial charge in [0.1, 0.15) is 17.4 Å². The quantitative estimate of drug-likeness (QED) is 0.613. The highest BCUT2D eigenvalue weighted by Gasteiger charge is 2.38. The van der Waals surface area contributed by atoms with Gasteiger partial charge in [0.2, 0.25) is 5.91 Å². The summed E-state index contributed by atoms with van der Waals surface area (Å²) in [4.78, 5) is 39.2. The number of amides is 2. The highest BCUT2D eigenvalue weighted by molar-refractivity contribution is 5.98. The van der Waals surface area contributed by atoms with E-state index in [0.29, 0.717) is 18.6 Å². The molecule has 1 unspecified atom stereocenters. The maximum atomic E-state index is 12.9. The molecule has 0 aromatic carbocycles. The minimum atomic E-state index is -0.659. The molecule has 1 aliphatic heterocycles. The number of carbonyl (C=O) groups is 2. The average Bonchev–Trinajstić information content (AvgIpc) is 2.95. The molecule has 1 N–H and O–H groups in total. The smallest absolute Gasteiger partial charge is 0.348 e. The van der Waals surface area contributed by atoms with Gasteiger partial charge in [-0.05, 0) is 45.7 Å². The third-order valence-electron chi connectivity index (χ3n) is 4.45. The average molecular weight is 374 g/mol. The fourth-order valence-corrected chi connectivity index (χ4v) is 3.15. The molecule has 27 heavy (non-hydrogen) atoms. The predicted octanol–water partition coefficient (Wildman–Crippen LogP) is 3.06. The van der Waals surface area contributed by atoms with Crippen LogP contribution >= 0.6 is 0 Å². The second-order valence-electron chi connectivity index (χ2n) is 8.20. The summed E-state index contributed by atoms with van der Waals surface area (Å²) in [5, 5.41) is 2.89. The van der Waals surface area contributed by atoms with Crippen molar-refractivity contribution in [3.8, 4) is 0 Å². The van der Waals surface area contributed by atoms with Crippen LogP contribution in [0.4, 0.5) is 0 Å². The third kappa shape index (κ3) is 5.55. The Kier molecular flexibility index (Phi) is 6.63. The van der Waals surface area contributed by atoms with Gasteiger partial charge in [0.05, 0.1) is 0 Å². The van der Waals surface area contributed by atoms with Gasteiger partial charge in [-0.15, -0.1) is 0 Å². The molecule has 0 spiro atoms. The topological polar surface area (TPSA) is 79.6 Å². The molecule has 1 fully saturated rings. The number of hydrogen-bond acceptors (Lipinski definition) is 4. The zero-order chi connectivity index (χ0) is 20.2. The van der Waals surface area contributed by atoms with Gasteiger partial charge >= 0.3 is 5.63 Å². The standard InChI is InChI=1S/C21H30N2O4/c1-6-7-8-9-15-10-11-16(20(26)27-15)19(25)23-13-14(2)12-17(23)18(24)22-21(3,4)5/h10-11,17H,2,6-9,12-13H2,1,3-5H3,(H,22,24). The maximum Gasteiger partial charge on any atom is 0.348 e. The fraction of sp³-hybridized carbons (Fsp3) is 0.571. The van der Waals surface area contributed by atoms with Gasteiger partial charge in [-0.3, -0.25) is 9.59 Å². The van der Waals surface area contributed by atoms with E-state index in [4.69, 9.17) is 4.42 Å². The molecule has 6 nitrogen and oxygen atoms in total. The molecule has 0 saturated carbocycles. The van der Waals surface area contributed by atoms with Gasteiger partial charge in [0, 0.05) is 18.5 Å². The number of hydrogen-bond donors (Lipinski definition) is 1. The molecular formula is C21H30N2O4. The molecule has 2 heterocycles. The first-order valence-electron chi connectivity index (χ1n) is 9.55. The van der Waals surface area contributed by atoms with Crippen molar-refractivity contribution in [2.45, 2.75) is 71.4 Å². The lowest BCUT2D eigenvalue weighted by molar-refractivity contribution is -0.126. The van der Waals surface area contributed by atoms with Gasteiger partial charge in [0.25, 0.3) is 5.91 Å². The second-order valence-corrected chi connectivity index (χ2v) is 8.20. The summed E-state index contributed by atoms with van der Waals surface area (Å²) in [5.74, 6) is -0.149. The van der Waals surface area contributed by atoms with Gasteiger partial charge in [-0.1, -0.05) is 31.9 Å². The van der Waals surface area contributed by atoms with Crippen molar-refractivity contribution in [1.82, 2.24) is 10.2 Å². The van der Waals surface area contributed by atoms with E-state index < -0.39 is 23.1 Å². The maximum absolute atomic E-state index is 12.9. The Balaban J connectivity index is 2.18. The van der Waals surface area contributed by atoms with Crippen LogP contribution in [0.15, 0.2) is 33.5 Å². The molecular weight excluding hydrogens is 344 g/mol. The largest absolute Gasteiger partial charge is 0.427 e. The van der Waals surface area contributed by atoms with Crippen LogP contribution in [-0.2, 0) is 11.2 Å². The van der Waals surface area contributed by atoms with Crippen molar-refractivity contribution < 1.29 is 14.0 Å². The Bertz CT molecular complexity index is 773. The van der Waals surface area contributed by atoms with Crippen LogP contribution in [0.5, 0.6) is 0 Å². The van der Waals surface area contributed by atoms with Crippen LogP contribution < -0.4 is 10.9 Å². The van der Waals surface area contributed by atoms with Crippen molar-refractivity contribution >= 4 is 11.8 Å². The summed E-state index contributed by atoms with van der Waals surface area (Å²) < 4.78 is 5.31. The highest BCUT2D eigenvalue weighted by atomic mass is 16.4. The van der Waals surface area contributed by atoms with E-state index in [2.05, 4.69) is 18.8 Å². The van der Waals surface area contributed by atoms with E-state index in [1.54, 1.807) is 6.07 Å². The van der Waals surface area contributed by atoms with Gasteiger partial charge in [-0.25, -0.2) is 4.79 Å². The molecule has 1 saturated heterocycles. The van der Waals surface area contributed by atoms with Gasteiger partial charge in [0.15, 0.2) is 0 Å². The SMILES string of the molecule is C=C1CC(C(=O)NC(C)(C)C)N(C(=O)c2ccc(CCCCC)oc2=O)C1. The van der Waals surface area contributed by atoms with Crippen molar-refractivity contribution in [3.05, 3.63) is 46.0 Å². The second kappa shape index (κ2) is 8.55. The molecule has 1 aromatic rings. The number of carbonyl (C=O) groups excluding carboxylic acids is 2. The van der Waals surface area contributed by atoms with Crippen molar-refractivity contribution in [1.29, 1.82) is 0 Å². The van der Waals surface area contributed by atoms with Crippen LogP contribution in [-0.4, -0.2) is 34.8 Å². The minimum absolute atomic E-state index is 0.0440. The Morgan fingerprint density at radius 2 is 2.00 bits per heavy atom. The number of aryl methyl sites for hydroxylation is 1. The molecule has 0 radical (unpaired) electrons. The molecule has 1 atom stereocenters. The summed E-state index contributed by atoms with van der Waals surface area (Å²) in [6, 6.07) is 2.53. The van der Waals surface area contributed by atoms with Crippen molar-refractivity contribution in [3.63, 3.8) is 0 Å². The molecule has 1 aromatic heterocycles.